The second-order valence-corrected chi connectivity index (χ2v) is 8.49. The van der Waals surface area contributed by atoms with Gasteiger partial charge in [-0.25, -0.2) is 4.79 Å². The summed E-state index contributed by atoms with van der Waals surface area (Å²) >= 11 is 6.27. The number of oxime groups is 1. The van der Waals surface area contributed by atoms with Gasteiger partial charge in [-0.05, 0) is 43.7 Å². The Hall–Kier alpha value is -3.04. The van der Waals surface area contributed by atoms with Gasteiger partial charge in [0.05, 0.1) is 23.4 Å². The van der Waals surface area contributed by atoms with Crippen LogP contribution in [0.15, 0.2) is 35.5 Å². The maximum atomic E-state index is 12.7. The summed E-state index contributed by atoms with van der Waals surface area (Å²) in [5.74, 6) is -1.88. The maximum Gasteiger partial charge on any atom is 0.342 e. The second kappa shape index (κ2) is 12.4. The molecule has 184 valence electrons. The minimum Gasteiger partial charge on any atom is -0.507 e. The fourth-order valence-electron chi connectivity index (χ4n) is 3.75. The number of rotatable bonds is 3. The summed E-state index contributed by atoms with van der Waals surface area (Å²) in [7, 11) is 0. The van der Waals surface area contributed by atoms with Gasteiger partial charge in [-0.15, -0.1) is 0 Å². The van der Waals surface area contributed by atoms with Gasteiger partial charge >= 0.3 is 5.97 Å². The number of hydrogen-bond acceptors (Lipinski definition) is 8. The first-order valence-electron chi connectivity index (χ1n) is 11.2. The molecule has 1 unspecified atom stereocenters. The Morgan fingerprint density at radius 3 is 2.74 bits per heavy atom. The lowest BCUT2D eigenvalue weighted by Gasteiger charge is -2.26. The lowest BCUT2D eigenvalue weighted by molar-refractivity contribution is -0.137. The molecule has 1 atom stereocenters. The highest BCUT2D eigenvalue weighted by Gasteiger charge is 2.25. The van der Waals surface area contributed by atoms with Crippen molar-refractivity contribution in [3.8, 4) is 11.5 Å². The number of ether oxygens (including phenoxy) is 1. The average molecular weight is 493 g/mol. The van der Waals surface area contributed by atoms with Gasteiger partial charge in [-0.1, -0.05) is 35.0 Å². The van der Waals surface area contributed by atoms with Crippen LogP contribution in [0, 0.1) is 0 Å². The third kappa shape index (κ3) is 6.98. The molecule has 0 aromatic heterocycles. The van der Waals surface area contributed by atoms with Crippen molar-refractivity contribution in [3.63, 3.8) is 0 Å². The van der Waals surface area contributed by atoms with Crippen LogP contribution in [0.3, 0.4) is 0 Å². The van der Waals surface area contributed by atoms with Gasteiger partial charge in [0.25, 0.3) is 5.91 Å². The number of esters is 1. The molecule has 9 nitrogen and oxygen atoms in total. The normalized spacial score (nSPS) is 22.9. The van der Waals surface area contributed by atoms with Crippen LogP contribution in [0.25, 0.3) is 0 Å². The summed E-state index contributed by atoms with van der Waals surface area (Å²) in [6.45, 7) is 1.15. The first-order chi connectivity index (χ1) is 16.4. The highest BCUT2D eigenvalue weighted by molar-refractivity contribution is 6.33. The van der Waals surface area contributed by atoms with Gasteiger partial charge in [0.1, 0.15) is 17.1 Å². The summed E-state index contributed by atoms with van der Waals surface area (Å²) < 4.78 is 5.23. The average Bonchev–Trinajstić information content (AvgIpc) is 2.81. The Balaban J connectivity index is 1.88. The Morgan fingerprint density at radius 2 is 1.97 bits per heavy atom. The van der Waals surface area contributed by atoms with Gasteiger partial charge in [0, 0.05) is 25.6 Å². The molecular formula is C24H29ClN2O7. The summed E-state index contributed by atoms with van der Waals surface area (Å²) in [5.41, 5.74) is 0.182. The summed E-state index contributed by atoms with van der Waals surface area (Å²) in [5, 5.41) is 34.4. The quantitative estimate of drug-likeness (QED) is 0.336. The number of benzene rings is 1. The molecule has 34 heavy (non-hydrogen) atoms. The molecule has 0 bridgehead atoms. The van der Waals surface area contributed by atoms with Crippen LogP contribution < -0.4 is 0 Å². The largest absolute Gasteiger partial charge is 0.507 e. The zero-order valence-corrected chi connectivity index (χ0v) is 19.5. The van der Waals surface area contributed by atoms with Crippen molar-refractivity contribution in [3.05, 3.63) is 46.5 Å². The van der Waals surface area contributed by atoms with E-state index in [9.17, 15) is 24.9 Å². The number of piperidine rings is 1. The Labute approximate surface area is 202 Å². The number of aromatic hydroxyl groups is 2. The lowest BCUT2D eigenvalue weighted by atomic mass is 9.99. The standard InChI is InChI=1S/C24H29ClN2O7/c25-23-18-13-16(26-34-15-21(31)27-10-3-1-4-11-27)7-6-9-17(28)8-2-5-12-33-24(32)22(18)19(29)14-20(23)30/h2,6-8,14,17,28-30H,1,3-5,9-13,15H2/b7-6+,8-2+,26-16+. The number of hydrogen-bond donors (Lipinski definition) is 3. The molecule has 0 spiro atoms. The molecule has 1 saturated heterocycles. The topological polar surface area (TPSA) is 129 Å². The van der Waals surface area contributed by atoms with Crippen LogP contribution in [0.4, 0.5) is 0 Å². The van der Waals surface area contributed by atoms with Gasteiger partial charge in [0.2, 0.25) is 0 Å². The molecule has 1 aromatic carbocycles. The number of aliphatic hydroxyl groups excluding tert-OH is 1. The SMILES string of the molecule is O=C1OCC/C=C/C(O)C/C=C/C(=N\OCC(=O)N2CCCCC2)Cc2c(Cl)c(O)cc(O)c21. The summed E-state index contributed by atoms with van der Waals surface area (Å²) in [4.78, 5) is 32.1. The van der Waals surface area contributed by atoms with E-state index < -0.39 is 23.6 Å². The monoisotopic (exact) mass is 492 g/mol. The van der Waals surface area contributed by atoms with Crippen LogP contribution in [0.5, 0.6) is 11.5 Å². The van der Waals surface area contributed by atoms with E-state index in [0.29, 0.717) is 19.5 Å². The number of carbonyl (C=O) groups excluding carboxylic acids is 2. The summed E-state index contributed by atoms with van der Waals surface area (Å²) in [6, 6.07) is 0.974. The highest BCUT2D eigenvalue weighted by atomic mass is 35.5. The maximum absolute atomic E-state index is 12.7. The van der Waals surface area contributed by atoms with Crippen molar-refractivity contribution in [1.29, 1.82) is 0 Å². The smallest absolute Gasteiger partial charge is 0.342 e. The molecule has 0 radical (unpaired) electrons. The number of fused-ring (bicyclic) bond motifs is 1. The van der Waals surface area contributed by atoms with E-state index in [-0.39, 0.29) is 53.8 Å². The fourth-order valence-corrected chi connectivity index (χ4v) is 3.97. The molecular weight excluding hydrogens is 464 g/mol. The van der Waals surface area contributed by atoms with Crippen LogP contribution in [0.2, 0.25) is 5.02 Å². The fraction of sp³-hybridized carbons (Fsp3) is 0.458. The number of phenolic OH excluding ortho intramolecular Hbond substituents is 2. The zero-order chi connectivity index (χ0) is 24.5. The van der Waals surface area contributed by atoms with E-state index in [4.69, 9.17) is 21.2 Å². The number of allylic oxidation sites excluding steroid dienone is 1. The van der Waals surface area contributed by atoms with Crippen LogP contribution in [0.1, 0.15) is 48.0 Å². The predicted octanol–water partition coefficient (Wildman–Crippen LogP) is 3.10. The molecule has 2 aliphatic heterocycles. The van der Waals surface area contributed by atoms with Crippen molar-refractivity contribution in [2.75, 3.05) is 26.3 Å². The molecule has 1 fully saturated rings. The minimum atomic E-state index is -0.815. The lowest BCUT2D eigenvalue weighted by Crippen LogP contribution is -2.37. The minimum absolute atomic E-state index is 0.0257. The number of nitrogens with zero attached hydrogens (tertiary/aromatic N) is 2. The number of cyclic esters (lactones) is 1. The van der Waals surface area contributed by atoms with Crippen molar-refractivity contribution >= 4 is 29.2 Å². The van der Waals surface area contributed by atoms with Crippen LogP contribution >= 0.6 is 11.6 Å². The van der Waals surface area contributed by atoms with E-state index in [1.54, 1.807) is 29.2 Å². The van der Waals surface area contributed by atoms with Crippen molar-refractivity contribution in [2.24, 2.45) is 5.16 Å². The molecule has 3 N–H and O–H groups in total. The van der Waals surface area contributed by atoms with Gasteiger partial charge < -0.3 is 29.8 Å². The molecule has 0 saturated carbocycles. The Bertz CT molecular complexity index is 984. The van der Waals surface area contributed by atoms with Crippen LogP contribution in [-0.4, -0.2) is 70.2 Å². The summed E-state index contributed by atoms with van der Waals surface area (Å²) in [6.07, 6.45) is 9.34. The molecule has 1 aromatic rings. The van der Waals surface area contributed by atoms with Crippen molar-refractivity contribution in [1.82, 2.24) is 4.90 Å². The molecule has 1 amide bonds. The third-order valence-electron chi connectivity index (χ3n) is 5.53. The van der Waals surface area contributed by atoms with E-state index >= 15 is 0 Å². The molecule has 10 heteroatoms. The van der Waals surface area contributed by atoms with Crippen molar-refractivity contribution in [2.45, 2.75) is 44.6 Å². The number of amides is 1. The highest BCUT2D eigenvalue weighted by Crippen LogP contribution is 2.37. The number of aliphatic hydroxyl groups is 1. The Kier molecular flexibility index (Phi) is 9.35. The Morgan fingerprint density at radius 1 is 1.21 bits per heavy atom. The number of halogens is 1. The van der Waals surface area contributed by atoms with E-state index in [0.717, 1.165) is 25.3 Å². The van der Waals surface area contributed by atoms with E-state index in [1.807, 2.05) is 0 Å². The number of phenols is 2. The zero-order valence-electron chi connectivity index (χ0n) is 18.8. The number of carbonyl (C=O) groups is 2. The first-order valence-corrected chi connectivity index (χ1v) is 11.6. The van der Waals surface area contributed by atoms with Gasteiger partial charge in [-0.2, -0.15) is 0 Å². The van der Waals surface area contributed by atoms with E-state index in [2.05, 4.69) is 5.16 Å². The molecule has 2 aliphatic rings. The predicted molar refractivity (Wildman–Crippen MR) is 126 cm³/mol. The van der Waals surface area contributed by atoms with Crippen molar-refractivity contribution < 1.29 is 34.5 Å². The van der Waals surface area contributed by atoms with E-state index in [1.165, 1.54) is 0 Å². The first kappa shape index (κ1) is 25.6. The second-order valence-electron chi connectivity index (χ2n) is 8.11. The van der Waals surface area contributed by atoms with Gasteiger partial charge in [0.15, 0.2) is 6.61 Å². The molecule has 0 aliphatic carbocycles. The third-order valence-corrected chi connectivity index (χ3v) is 5.95. The molecule has 2 heterocycles. The van der Waals surface area contributed by atoms with Crippen LogP contribution in [-0.2, 0) is 20.8 Å². The van der Waals surface area contributed by atoms with Gasteiger partial charge in [-0.3, -0.25) is 4.79 Å². The number of likely N-dealkylation sites (tertiary alicyclic amines) is 1. The molecule has 3 rings (SSSR count).